The fourth-order valence-corrected chi connectivity index (χ4v) is 2.64. The van der Waals surface area contributed by atoms with Crippen molar-refractivity contribution >= 4 is 27.5 Å². The molecule has 4 heteroatoms. The van der Waals surface area contributed by atoms with Crippen LogP contribution in [0.5, 0.6) is 0 Å². The molecule has 19 heavy (non-hydrogen) atoms. The van der Waals surface area contributed by atoms with Gasteiger partial charge in [-0.05, 0) is 43.3 Å². The van der Waals surface area contributed by atoms with Gasteiger partial charge in [-0.3, -0.25) is 0 Å². The smallest absolute Gasteiger partial charge is 0.135 e. The van der Waals surface area contributed by atoms with Crippen LogP contribution < -0.4 is 5.32 Å². The lowest BCUT2D eigenvalue weighted by Gasteiger charge is -2.12. The molecule has 2 nitrogen and oxygen atoms in total. The third-order valence-corrected chi connectivity index (χ3v) is 3.85. The van der Waals surface area contributed by atoms with Gasteiger partial charge in [0.2, 0.25) is 0 Å². The minimum absolute atomic E-state index is 0.254. The zero-order valence-electron chi connectivity index (χ0n) is 11.0. The van der Waals surface area contributed by atoms with Gasteiger partial charge in [0.1, 0.15) is 11.5 Å². The topological polar surface area (TPSA) is 25.2 Å². The number of furan rings is 1. The van der Waals surface area contributed by atoms with Gasteiger partial charge in [0.25, 0.3) is 0 Å². The van der Waals surface area contributed by atoms with E-state index in [2.05, 4.69) is 35.1 Å². The lowest BCUT2D eigenvalue weighted by Crippen LogP contribution is -2.19. The van der Waals surface area contributed by atoms with Crippen molar-refractivity contribution in [2.45, 2.75) is 26.3 Å². The molecule has 1 N–H and O–H groups in total. The first-order valence-corrected chi connectivity index (χ1v) is 7.61. The molecular formula is C15H17BrClNO. The van der Waals surface area contributed by atoms with Gasteiger partial charge in [0, 0.05) is 10.0 Å². The minimum atomic E-state index is 0.254. The van der Waals surface area contributed by atoms with Gasteiger partial charge in [-0.1, -0.05) is 41.4 Å². The molecule has 2 aromatic rings. The lowest BCUT2D eigenvalue weighted by atomic mass is 10.1. The van der Waals surface area contributed by atoms with Crippen LogP contribution in [0.3, 0.4) is 0 Å². The molecule has 0 saturated carbocycles. The van der Waals surface area contributed by atoms with Crippen molar-refractivity contribution in [2.75, 3.05) is 6.54 Å². The zero-order chi connectivity index (χ0) is 13.8. The molecule has 0 aliphatic rings. The Morgan fingerprint density at radius 1 is 1.26 bits per heavy atom. The fourth-order valence-electron chi connectivity index (χ4n) is 2.06. The molecule has 1 atom stereocenters. The molecule has 0 bridgehead atoms. The van der Waals surface area contributed by atoms with Crippen LogP contribution in [-0.2, 0) is 0 Å². The Morgan fingerprint density at radius 2 is 2.05 bits per heavy atom. The normalized spacial score (nSPS) is 12.6. The van der Waals surface area contributed by atoms with Crippen LogP contribution in [0.1, 0.15) is 32.1 Å². The Balaban J connectivity index is 2.32. The third-order valence-electron chi connectivity index (χ3n) is 3.02. The van der Waals surface area contributed by atoms with Crippen LogP contribution in [-0.4, -0.2) is 6.54 Å². The minimum Gasteiger partial charge on any atom is -0.459 e. The summed E-state index contributed by atoms with van der Waals surface area (Å²) in [4.78, 5) is 0. The Bertz CT molecular complexity index is 553. The van der Waals surface area contributed by atoms with Crippen LogP contribution in [0, 0.1) is 0 Å². The van der Waals surface area contributed by atoms with E-state index < -0.39 is 0 Å². The number of hydrogen-bond donors (Lipinski definition) is 1. The average Bonchev–Trinajstić information content (AvgIpc) is 2.88. The Labute approximate surface area is 127 Å². The first-order chi connectivity index (χ1) is 9.15. The van der Waals surface area contributed by atoms with E-state index in [9.17, 15) is 0 Å². The molecule has 0 saturated heterocycles. The highest BCUT2D eigenvalue weighted by Gasteiger charge is 2.14. The summed E-state index contributed by atoms with van der Waals surface area (Å²) in [6, 6.07) is 10.0. The third kappa shape index (κ3) is 3.41. The molecule has 0 spiro atoms. The standard InChI is InChI=1S/C15H17BrClNO/c1-3-13(18-4-2)15-8-7-14(19-15)11-9-10(16)5-6-12(11)17/h5-9,13,18H,3-4H2,1-2H3. The zero-order valence-corrected chi connectivity index (χ0v) is 13.4. The molecule has 0 amide bonds. The summed E-state index contributed by atoms with van der Waals surface area (Å²) in [5.74, 6) is 1.76. The summed E-state index contributed by atoms with van der Waals surface area (Å²) in [5, 5.41) is 4.10. The summed E-state index contributed by atoms with van der Waals surface area (Å²) >= 11 is 9.67. The first-order valence-electron chi connectivity index (χ1n) is 6.44. The summed E-state index contributed by atoms with van der Waals surface area (Å²) < 4.78 is 6.93. The summed E-state index contributed by atoms with van der Waals surface area (Å²) in [6.45, 7) is 5.16. The molecule has 0 radical (unpaired) electrons. The molecule has 1 aromatic carbocycles. The van der Waals surface area contributed by atoms with E-state index >= 15 is 0 Å². The second-order valence-electron chi connectivity index (χ2n) is 4.34. The van der Waals surface area contributed by atoms with Crippen LogP contribution in [0.15, 0.2) is 39.2 Å². The molecule has 2 rings (SSSR count). The van der Waals surface area contributed by atoms with Crippen LogP contribution in [0.4, 0.5) is 0 Å². The Kier molecular flexibility index (Phi) is 5.08. The van der Waals surface area contributed by atoms with Gasteiger partial charge in [-0.25, -0.2) is 0 Å². The SMILES string of the molecule is CCNC(CC)c1ccc(-c2cc(Br)ccc2Cl)o1. The van der Waals surface area contributed by atoms with Gasteiger partial charge >= 0.3 is 0 Å². The van der Waals surface area contributed by atoms with E-state index in [-0.39, 0.29) is 6.04 Å². The van der Waals surface area contributed by atoms with Gasteiger partial charge < -0.3 is 9.73 Å². The highest BCUT2D eigenvalue weighted by atomic mass is 79.9. The summed E-state index contributed by atoms with van der Waals surface area (Å²) in [7, 11) is 0. The number of nitrogens with one attached hydrogen (secondary N) is 1. The van der Waals surface area contributed by atoms with Crippen molar-refractivity contribution in [1.82, 2.24) is 5.32 Å². The van der Waals surface area contributed by atoms with E-state index in [1.54, 1.807) is 0 Å². The van der Waals surface area contributed by atoms with Gasteiger partial charge in [-0.15, -0.1) is 0 Å². The van der Waals surface area contributed by atoms with Crippen molar-refractivity contribution in [3.05, 3.63) is 45.6 Å². The number of rotatable bonds is 5. The summed E-state index contributed by atoms with van der Waals surface area (Å²) in [6.07, 6.45) is 0.993. The maximum absolute atomic E-state index is 6.22. The molecular weight excluding hydrogens is 326 g/mol. The second kappa shape index (κ2) is 6.60. The maximum Gasteiger partial charge on any atom is 0.135 e. The van der Waals surface area contributed by atoms with Crippen LogP contribution >= 0.6 is 27.5 Å². The summed E-state index contributed by atoms with van der Waals surface area (Å²) in [5.41, 5.74) is 0.911. The molecule has 0 aliphatic heterocycles. The Morgan fingerprint density at radius 3 is 2.74 bits per heavy atom. The number of halogens is 2. The van der Waals surface area contributed by atoms with E-state index in [1.807, 2.05) is 30.3 Å². The van der Waals surface area contributed by atoms with Gasteiger partial charge in [0.05, 0.1) is 11.1 Å². The van der Waals surface area contributed by atoms with E-state index in [4.69, 9.17) is 16.0 Å². The molecule has 0 aliphatic carbocycles. The van der Waals surface area contributed by atoms with E-state index in [1.165, 1.54) is 0 Å². The predicted octanol–water partition coefficient (Wildman–Crippen LogP) is 5.42. The fraction of sp³-hybridized carbons (Fsp3) is 0.333. The maximum atomic E-state index is 6.22. The molecule has 0 fully saturated rings. The number of hydrogen-bond acceptors (Lipinski definition) is 2. The Hall–Kier alpha value is -0.770. The number of benzene rings is 1. The second-order valence-corrected chi connectivity index (χ2v) is 5.67. The lowest BCUT2D eigenvalue weighted by molar-refractivity contribution is 0.417. The van der Waals surface area contributed by atoms with E-state index in [0.717, 1.165) is 34.5 Å². The molecule has 1 unspecified atom stereocenters. The van der Waals surface area contributed by atoms with Gasteiger partial charge in [0.15, 0.2) is 0 Å². The monoisotopic (exact) mass is 341 g/mol. The van der Waals surface area contributed by atoms with Gasteiger partial charge in [-0.2, -0.15) is 0 Å². The molecule has 102 valence electrons. The first kappa shape index (κ1) is 14.6. The largest absolute Gasteiger partial charge is 0.459 e. The predicted molar refractivity (Wildman–Crippen MR) is 83.6 cm³/mol. The van der Waals surface area contributed by atoms with Crippen molar-refractivity contribution in [3.63, 3.8) is 0 Å². The van der Waals surface area contributed by atoms with E-state index in [0.29, 0.717) is 5.02 Å². The molecule has 1 aromatic heterocycles. The van der Waals surface area contributed by atoms with Crippen molar-refractivity contribution in [2.24, 2.45) is 0 Å². The highest BCUT2D eigenvalue weighted by molar-refractivity contribution is 9.10. The highest BCUT2D eigenvalue weighted by Crippen LogP contribution is 2.33. The average molecular weight is 343 g/mol. The van der Waals surface area contributed by atoms with Crippen LogP contribution in [0.2, 0.25) is 5.02 Å². The molecule has 1 heterocycles. The van der Waals surface area contributed by atoms with Crippen LogP contribution in [0.25, 0.3) is 11.3 Å². The van der Waals surface area contributed by atoms with Crippen molar-refractivity contribution < 1.29 is 4.42 Å². The quantitative estimate of drug-likeness (QED) is 0.784. The van der Waals surface area contributed by atoms with Crippen molar-refractivity contribution in [1.29, 1.82) is 0 Å². The van der Waals surface area contributed by atoms with Crippen molar-refractivity contribution in [3.8, 4) is 11.3 Å².